The molecule has 0 aliphatic rings. The SMILES string of the molecule is COC(=O)CCC/C(=N/O)c1ccccc1. The van der Waals surface area contributed by atoms with Crippen molar-refractivity contribution in [3.63, 3.8) is 0 Å². The molecule has 0 saturated heterocycles. The lowest BCUT2D eigenvalue weighted by Gasteiger charge is -2.03. The van der Waals surface area contributed by atoms with Crippen LogP contribution in [0, 0.1) is 0 Å². The Bertz CT molecular complexity index is 360. The lowest BCUT2D eigenvalue weighted by molar-refractivity contribution is -0.140. The zero-order valence-electron chi connectivity index (χ0n) is 9.22. The molecule has 0 aliphatic heterocycles. The highest BCUT2D eigenvalue weighted by atomic mass is 16.5. The third-order valence-corrected chi connectivity index (χ3v) is 2.25. The van der Waals surface area contributed by atoms with Crippen molar-refractivity contribution in [2.75, 3.05) is 7.11 Å². The van der Waals surface area contributed by atoms with E-state index in [1.807, 2.05) is 30.3 Å². The first kappa shape index (κ1) is 12.2. The van der Waals surface area contributed by atoms with Gasteiger partial charge in [0.2, 0.25) is 0 Å². The van der Waals surface area contributed by atoms with Gasteiger partial charge in [0.1, 0.15) is 0 Å². The zero-order valence-corrected chi connectivity index (χ0v) is 9.22. The molecule has 0 spiro atoms. The largest absolute Gasteiger partial charge is 0.469 e. The number of methoxy groups -OCH3 is 1. The fourth-order valence-electron chi connectivity index (χ4n) is 1.38. The van der Waals surface area contributed by atoms with E-state index in [9.17, 15) is 4.79 Å². The van der Waals surface area contributed by atoms with E-state index in [1.54, 1.807) is 0 Å². The number of carbonyl (C=O) groups is 1. The van der Waals surface area contributed by atoms with Crippen molar-refractivity contribution in [2.24, 2.45) is 5.16 Å². The van der Waals surface area contributed by atoms with E-state index < -0.39 is 0 Å². The second kappa shape index (κ2) is 6.61. The summed E-state index contributed by atoms with van der Waals surface area (Å²) in [6.07, 6.45) is 1.50. The highest BCUT2D eigenvalue weighted by Crippen LogP contribution is 2.08. The van der Waals surface area contributed by atoms with Crippen molar-refractivity contribution in [1.29, 1.82) is 0 Å². The molecule has 0 fully saturated rings. The summed E-state index contributed by atoms with van der Waals surface area (Å²) in [6.45, 7) is 0. The molecule has 86 valence electrons. The number of nitrogens with zero attached hydrogens (tertiary/aromatic N) is 1. The van der Waals surface area contributed by atoms with Crippen molar-refractivity contribution in [3.8, 4) is 0 Å². The molecular formula is C12H15NO3. The fraction of sp³-hybridized carbons (Fsp3) is 0.333. The topological polar surface area (TPSA) is 58.9 Å². The van der Waals surface area contributed by atoms with Crippen LogP contribution in [-0.4, -0.2) is 24.0 Å². The van der Waals surface area contributed by atoms with Crippen LogP contribution in [0.5, 0.6) is 0 Å². The second-order valence-corrected chi connectivity index (χ2v) is 3.34. The van der Waals surface area contributed by atoms with Gasteiger partial charge in [-0.15, -0.1) is 0 Å². The van der Waals surface area contributed by atoms with Gasteiger partial charge in [-0.2, -0.15) is 0 Å². The number of hydrogen-bond donors (Lipinski definition) is 1. The first-order chi connectivity index (χ1) is 7.77. The van der Waals surface area contributed by atoms with Gasteiger partial charge in [-0.25, -0.2) is 0 Å². The molecule has 0 aliphatic carbocycles. The predicted molar refractivity (Wildman–Crippen MR) is 60.6 cm³/mol. The average Bonchev–Trinajstić information content (AvgIpc) is 2.35. The molecule has 16 heavy (non-hydrogen) atoms. The number of carbonyl (C=O) groups excluding carboxylic acids is 1. The van der Waals surface area contributed by atoms with Crippen LogP contribution in [0.3, 0.4) is 0 Å². The van der Waals surface area contributed by atoms with Gasteiger partial charge in [-0.1, -0.05) is 35.5 Å². The number of rotatable bonds is 5. The molecule has 4 heteroatoms. The van der Waals surface area contributed by atoms with E-state index in [1.165, 1.54) is 7.11 Å². The van der Waals surface area contributed by atoms with Crippen molar-refractivity contribution < 1.29 is 14.7 Å². The minimum atomic E-state index is -0.245. The molecule has 0 atom stereocenters. The monoisotopic (exact) mass is 221 g/mol. The maximum absolute atomic E-state index is 10.9. The number of hydrogen-bond acceptors (Lipinski definition) is 4. The lowest BCUT2D eigenvalue weighted by Crippen LogP contribution is -2.04. The van der Waals surface area contributed by atoms with Crippen LogP contribution in [0.4, 0.5) is 0 Å². The minimum Gasteiger partial charge on any atom is -0.469 e. The number of oxime groups is 1. The molecule has 1 rings (SSSR count). The van der Waals surface area contributed by atoms with E-state index in [2.05, 4.69) is 9.89 Å². The van der Waals surface area contributed by atoms with Gasteiger partial charge < -0.3 is 9.94 Å². The Kier molecular flexibility index (Phi) is 5.05. The summed E-state index contributed by atoms with van der Waals surface area (Å²) in [6, 6.07) is 9.38. The van der Waals surface area contributed by atoms with Crippen molar-refractivity contribution in [1.82, 2.24) is 0 Å². The Morgan fingerprint density at radius 3 is 2.56 bits per heavy atom. The van der Waals surface area contributed by atoms with E-state index >= 15 is 0 Å². The second-order valence-electron chi connectivity index (χ2n) is 3.34. The van der Waals surface area contributed by atoms with Gasteiger partial charge in [-0.3, -0.25) is 4.79 Å². The van der Waals surface area contributed by atoms with Crippen LogP contribution in [0.15, 0.2) is 35.5 Å². The molecule has 0 bridgehead atoms. The van der Waals surface area contributed by atoms with Gasteiger partial charge in [0, 0.05) is 6.42 Å². The molecule has 0 unspecified atom stereocenters. The van der Waals surface area contributed by atoms with Crippen LogP contribution in [0.2, 0.25) is 0 Å². The molecule has 0 aromatic heterocycles. The highest BCUT2D eigenvalue weighted by molar-refractivity contribution is 6.00. The summed E-state index contributed by atoms with van der Waals surface area (Å²) in [5.74, 6) is -0.245. The van der Waals surface area contributed by atoms with Gasteiger partial charge in [0.15, 0.2) is 0 Å². The van der Waals surface area contributed by atoms with Gasteiger partial charge in [0.05, 0.1) is 12.8 Å². The highest BCUT2D eigenvalue weighted by Gasteiger charge is 2.06. The number of ether oxygens (including phenoxy) is 1. The molecular weight excluding hydrogens is 206 g/mol. The Hall–Kier alpha value is -1.84. The zero-order chi connectivity index (χ0) is 11.8. The van der Waals surface area contributed by atoms with Crippen LogP contribution < -0.4 is 0 Å². The van der Waals surface area contributed by atoms with Crippen molar-refractivity contribution in [3.05, 3.63) is 35.9 Å². The standard InChI is InChI=1S/C12H15NO3/c1-16-12(14)9-5-8-11(13-15)10-6-3-2-4-7-10/h2-4,6-7,15H,5,8-9H2,1H3/b13-11-. The van der Waals surface area contributed by atoms with Gasteiger partial charge in [-0.05, 0) is 18.4 Å². The minimum absolute atomic E-state index is 0.245. The lowest BCUT2D eigenvalue weighted by atomic mass is 10.0. The molecule has 0 amide bonds. The fourth-order valence-corrected chi connectivity index (χ4v) is 1.38. The average molecular weight is 221 g/mol. The van der Waals surface area contributed by atoms with Crippen molar-refractivity contribution in [2.45, 2.75) is 19.3 Å². The molecule has 1 N–H and O–H groups in total. The van der Waals surface area contributed by atoms with Crippen molar-refractivity contribution >= 4 is 11.7 Å². The van der Waals surface area contributed by atoms with Crippen LogP contribution in [0.25, 0.3) is 0 Å². The van der Waals surface area contributed by atoms with E-state index in [4.69, 9.17) is 5.21 Å². The Morgan fingerprint density at radius 2 is 2.00 bits per heavy atom. The maximum Gasteiger partial charge on any atom is 0.305 e. The van der Waals surface area contributed by atoms with Gasteiger partial charge >= 0.3 is 5.97 Å². The molecule has 0 heterocycles. The van der Waals surface area contributed by atoms with E-state index in [0.717, 1.165) is 5.56 Å². The summed E-state index contributed by atoms with van der Waals surface area (Å²) < 4.78 is 4.53. The number of esters is 1. The van der Waals surface area contributed by atoms with E-state index in [0.29, 0.717) is 25.0 Å². The quantitative estimate of drug-likeness (QED) is 0.359. The molecule has 4 nitrogen and oxygen atoms in total. The molecule has 0 saturated carbocycles. The smallest absolute Gasteiger partial charge is 0.305 e. The first-order valence-electron chi connectivity index (χ1n) is 5.11. The summed E-state index contributed by atoms with van der Waals surface area (Å²) in [4.78, 5) is 10.9. The van der Waals surface area contributed by atoms with Crippen LogP contribution in [0.1, 0.15) is 24.8 Å². The maximum atomic E-state index is 10.9. The molecule has 0 radical (unpaired) electrons. The summed E-state index contributed by atoms with van der Waals surface area (Å²) in [5, 5.41) is 12.1. The summed E-state index contributed by atoms with van der Waals surface area (Å²) >= 11 is 0. The molecule has 1 aromatic carbocycles. The van der Waals surface area contributed by atoms with Gasteiger partial charge in [0.25, 0.3) is 0 Å². The summed E-state index contributed by atoms with van der Waals surface area (Å²) in [5.41, 5.74) is 1.46. The first-order valence-corrected chi connectivity index (χ1v) is 5.11. The third kappa shape index (κ3) is 3.73. The predicted octanol–water partition coefficient (Wildman–Crippen LogP) is 2.21. The number of benzene rings is 1. The summed E-state index contributed by atoms with van der Waals surface area (Å²) in [7, 11) is 1.36. The molecule has 1 aromatic rings. The Labute approximate surface area is 94.5 Å². The van der Waals surface area contributed by atoms with Crippen LogP contribution in [-0.2, 0) is 9.53 Å². The Balaban J connectivity index is 2.49. The van der Waals surface area contributed by atoms with E-state index in [-0.39, 0.29) is 5.97 Å². The Morgan fingerprint density at radius 1 is 1.31 bits per heavy atom. The normalized spacial score (nSPS) is 11.2. The van der Waals surface area contributed by atoms with Crippen LogP contribution >= 0.6 is 0 Å². The third-order valence-electron chi connectivity index (χ3n) is 2.25.